The fraction of sp³-hybridized carbons (Fsp3) is 0.692. The van der Waals surface area contributed by atoms with Crippen molar-refractivity contribution >= 4 is 0 Å². The van der Waals surface area contributed by atoms with E-state index in [1.165, 1.54) is 5.56 Å². The molecule has 4 nitrogen and oxygen atoms in total. The van der Waals surface area contributed by atoms with Crippen LogP contribution in [0.4, 0.5) is 0 Å². The van der Waals surface area contributed by atoms with Gasteiger partial charge in [-0.3, -0.25) is 4.68 Å². The molecule has 17 heavy (non-hydrogen) atoms. The predicted molar refractivity (Wildman–Crippen MR) is 68.6 cm³/mol. The van der Waals surface area contributed by atoms with Crippen LogP contribution >= 0.6 is 0 Å². The normalized spacial score (nSPS) is 12.8. The Balaban J connectivity index is 2.98. The molecule has 4 heteroatoms. The summed E-state index contributed by atoms with van der Waals surface area (Å²) >= 11 is 0. The minimum atomic E-state index is -0.151. The molecule has 0 bridgehead atoms. The number of nitriles is 1. The minimum absolute atomic E-state index is 0.151. The van der Waals surface area contributed by atoms with Crippen LogP contribution in [0, 0.1) is 25.2 Å². The van der Waals surface area contributed by atoms with Crippen LogP contribution in [0.2, 0.25) is 0 Å². The van der Waals surface area contributed by atoms with E-state index in [1.54, 1.807) is 0 Å². The standard InChI is InChI=1S/C13H22N4/c1-6-12(7-14)17-11(5)13(10(4)16-17)8-15-9(2)3/h9,12,15H,6,8H2,1-5H3. The van der Waals surface area contributed by atoms with Gasteiger partial charge in [0.25, 0.3) is 0 Å². The highest BCUT2D eigenvalue weighted by Gasteiger charge is 2.16. The molecule has 0 aromatic carbocycles. The third-order valence-corrected chi connectivity index (χ3v) is 2.99. The van der Waals surface area contributed by atoms with Gasteiger partial charge in [0.05, 0.1) is 11.8 Å². The number of hydrogen-bond donors (Lipinski definition) is 1. The summed E-state index contributed by atoms with van der Waals surface area (Å²) in [7, 11) is 0. The average molecular weight is 234 g/mol. The second-order valence-electron chi connectivity index (χ2n) is 4.68. The van der Waals surface area contributed by atoms with Gasteiger partial charge in [0.15, 0.2) is 0 Å². The Morgan fingerprint density at radius 3 is 2.53 bits per heavy atom. The largest absolute Gasteiger partial charge is 0.310 e. The van der Waals surface area contributed by atoms with Crippen LogP contribution in [0.15, 0.2) is 0 Å². The Morgan fingerprint density at radius 1 is 1.41 bits per heavy atom. The van der Waals surface area contributed by atoms with Gasteiger partial charge in [0, 0.05) is 23.8 Å². The third kappa shape index (κ3) is 3.07. The minimum Gasteiger partial charge on any atom is -0.310 e. The predicted octanol–water partition coefficient (Wildman–Crippen LogP) is 2.47. The second-order valence-corrected chi connectivity index (χ2v) is 4.68. The number of aryl methyl sites for hydroxylation is 1. The number of nitrogens with one attached hydrogen (secondary N) is 1. The first-order valence-corrected chi connectivity index (χ1v) is 6.18. The van der Waals surface area contributed by atoms with E-state index < -0.39 is 0 Å². The molecule has 1 aromatic rings. The van der Waals surface area contributed by atoms with Crippen molar-refractivity contribution in [3.63, 3.8) is 0 Å². The first-order valence-electron chi connectivity index (χ1n) is 6.18. The highest BCUT2D eigenvalue weighted by atomic mass is 15.3. The molecule has 0 aliphatic rings. The first kappa shape index (κ1) is 13.7. The third-order valence-electron chi connectivity index (χ3n) is 2.99. The van der Waals surface area contributed by atoms with E-state index in [0.29, 0.717) is 6.04 Å². The van der Waals surface area contributed by atoms with E-state index in [2.05, 4.69) is 30.3 Å². The van der Waals surface area contributed by atoms with Gasteiger partial charge in [-0.15, -0.1) is 0 Å². The molecule has 0 amide bonds. The molecule has 1 rings (SSSR count). The van der Waals surface area contributed by atoms with Gasteiger partial charge in [-0.1, -0.05) is 20.8 Å². The van der Waals surface area contributed by atoms with Crippen molar-refractivity contribution in [2.75, 3.05) is 0 Å². The Kier molecular flexibility index (Phi) is 4.71. The van der Waals surface area contributed by atoms with Crippen molar-refractivity contribution in [2.24, 2.45) is 0 Å². The number of nitrogens with zero attached hydrogens (tertiary/aromatic N) is 3. The van der Waals surface area contributed by atoms with E-state index in [0.717, 1.165) is 24.4 Å². The maximum atomic E-state index is 9.10. The zero-order valence-electron chi connectivity index (χ0n) is 11.4. The number of rotatable bonds is 5. The second kappa shape index (κ2) is 5.83. The summed E-state index contributed by atoms with van der Waals surface area (Å²) in [4.78, 5) is 0. The summed E-state index contributed by atoms with van der Waals surface area (Å²) in [6.45, 7) is 11.1. The molecule has 1 unspecified atom stereocenters. The van der Waals surface area contributed by atoms with Crippen molar-refractivity contribution in [2.45, 2.75) is 59.7 Å². The summed E-state index contributed by atoms with van der Waals surface area (Å²) in [5.41, 5.74) is 3.33. The summed E-state index contributed by atoms with van der Waals surface area (Å²) in [5.74, 6) is 0. The van der Waals surface area contributed by atoms with E-state index in [9.17, 15) is 0 Å². The molecule has 0 aliphatic heterocycles. The molecule has 0 fully saturated rings. The van der Waals surface area contributed by atoms with Crippen molar-refractivity contribution in [1.82, 2.24) is 15.1 Å². The lowest BCUT2D eigenvalue weighted by atomic mass is 10.1. The molecule has 1 atom stereocenters. The molecule has 0 aliphatic carbocycles. The highest BCUT2D eigenvalue weighted by Crippen LogP contribution is 2.19. The zero-order chi connectivity index (χ0) is 13.0. The smallest absolute Gasteiger partial charge is 0.138 e. The van der Waals surface area contributed by atoms with Gasteiger partial charge in [0.1, 0.15) is 6.04 Å². The average Bonchev–Trinajstić information content (AvgIpc) is 2.54. The monoisotopic (exact) mass is 234 g/mol. The van der Waals surface area contributed by atoms with Crippen LogP contribution in [0.1, 0.15) is 50.2 Å². The van der Waals surface area contributed by atoms with Crippen LogP contribution in [0.5, 0.6) is 0 Å². The van der Waals surface area contributed by atoms with Crippen LogP contribution < -0.4 is 5.32 Å². The Labute approximate surface area is 104 Å². The van der Waals surface area contributed by atoms with Gasteiger partial charge in [-0.25, -0.2) is 0 Å². The van der Waals surface area contributed by atoms with E-state index >= 15 is 0 Å². The molecule has 94 valence electrons. The van der Waals surface area contributed by atoms with Crippen LogP contribution in [0.25, 0.3) is 0 Å². The molecule has 0 spiro atoms. The quantitative estimate of drug-likeness (QED) is 0.851. The molecule has 0 saturated carbocycles. The fourth-order valence-corrected chi connectivity index (χ4v) is 1.88. The molecular weight excluding hydrogens is 212 g/mol. The van der Waals surface area contributed by atoms with Gasteiger partial charge in [0.2, 0.25) is 0 Å². The van der Waals surface area contributed by atoms with Crippen molar-refractivity contribution in [1.29, 1.82) is 5.26 Å². The number of hydrogen-bond acceptors (Lipinski definition) is 3. The van der Waals surface area contributed by atoms with Gasteiger partial charge >= 0.3 is 0 Å². The molecule has 1 aromatic heterocycles. The fourth-order valence-electron chi connectivity index (χ4n) is 1.88. The molecule has 0 radical (unpaired) electrons. The maximum absolute atomic E-state index is 9.10. The van der Waals surface area contributed by atoms with Gasteiger partial charge < -0.3 is 5.32 Å². The van der Waals surface area contributed by atoms with Gasteiger partial charge in [-0.2, -0.15) is 10.4 Å². The van der Waals surface area contributed by atoms with Crippen molar-refractivity contribution in [3.8, 4) is 6.07 Å². The summed E-state index contributed by atoms with van der Waals surface area (Å²) < 4.78 is 1.85. The van der Waals surface area contributed by atoms with E-state index in [-0.39, 0.29) is 6.04 Å². The zero-order valence-corrected chi connectivity index (χ0v) is 11.4. The molecule has 1 N–H and O–H groups in total. The van der Waals surface area contributed by atoms with Gasteiger partial charge in [-0.05, 0) is 20.3 Å². The topological polar surface area (TPSA) is 53.6 Å². The lowest BCUT2D eigenvalue weighted by Gasteiger charge is -2.11. The SMILES string of the molecule is CCC(C#N)n1nc(C)c(CNC(C)C)c1C. The summed E-state index contributed by atoms with van der Waals surface area (Å²) in [5, 5.41) is 17.0. The lowest BCUT2D eigenvalue weighted by molar-refractivity contribution is 0.517. The van der Waals surface area contributed by atoms with Crippen molar-refractivity contribution in [3.05, 3.63) is 17.0 Å². The van der Waals surface area contributed by atoms with Crippen LogP contribution in [0.3, 0.4) is 0 Å². The van der Waals surface area contributed by atoms with Crippen LogP contribution in [-0.4, -0.2) is 15.8 Å². The van der Waals surface area contributed by atoms with Crippen LogP contribution in [-0.2, 0) is 6.54 Å². The summed E-state index contributed by atoms with van der Waals surface area (Å²) in [6, 6.07) is 2.60. The summed E-state index contributed by atoms with van der Waals surface area (Å²) in [6.07, 6.45) is 0.787. The Bertz CT molecular complexity index is 412. The van der Waals surface area contributed by atoms with E-state index in [1.807, 2.05) is 25.5 Å². The molecular formula is C13H22N4. The molecule has 0 saturated heterocycles. The number of aromatic nitrogens is 2. The lowest BCUT2D eigenvalue weighted by Crippen LogP contribution is -2.22. The van der Waals surface area contributed by atoms with Crippen molar-refractivity contribution < 1.29 is 0 Å². The first-order chi connectivity index (χ1) is 8.01. The molecule has 1 heterocycles. The Hall–Kier alpha value is -1.34. The Morgan fingerprint density at radius 2 is 2.06 bits per heavy atom. The van der Waals surface area contributed by atoms with E-state index in [4.69, 9.17) is 5.26 Å². The maximum Gasteiger partial charge on any atom is 0.138 e. The highest BCUT2D eigenvalue weighted by molar-refractivity contribution is 5.25.